The Morgan fingerprint density at radius 1 is 1.23 bits per heavy atom. The number of hydrogen-bond donors (Lipinski definition) is 1. The Morgan fingerprint density at radius 3 is 2.77 bits per heavy atom. The van der Waals surface area contributed by atoms with Gasteiger partial charge >= 0.3 is 0 Å². The van der Waals surface area contributed by atoms with E-state index in [2.05, 4.69) is 5.32 Å². The van der Waals surface area contributed by atoms with Gasteiger partial charge in [-0.3, -0.25) is 4.79 Å². The molecule has 0 saturated carbocycles. The molecule has 2 aromatic carbocycles. The molecule has 0 bridgehead atoms. The lowest BCUT2D eigenvalue weighted by molar-refractivity contribution is -0.111. The topological polar surface area (TPSA) is 38.3 Å². The summed E-state index contributed by atoms with van der Waals surface area (Å²) in [5, 5.41) is 3.45. The molecule has 0 radical (unpaired) electrons. The number of halogens is 1. The third-order valence-electron chi connectivity index (χ3n) is 3.16. The predicted octanol–water partition coefficient (Wildman–Crippen LogP) is 4.70. The number of ether oxygens (including phenoxy) is 1. The second-order valence-electron chi connectivity index (χ2n) is 4.71. The van der Waals surface area contributed by atoms with Crippen LogP contribution in [0.25, 0.3) is 6.08 Å². The summed E-state index contributed by atoms with van der Waals surface area (Å²) in [5.74, 6) is 0.546. The van der Waals surface area contributed by atoms with Crippen molar-refractivity contribution in [1.82, 2.24) is 0 Å². The average Bonchev–Trinajstić information content (AvgIpc) is 2.51. The van der Waals surface area contributed by atoms with Crippen molar-refractivity contribution in [2.75, 3.05) is 11.9 Å². The van der Waals surface area contributed by atoms with Gasteiger partial charge in [0.15, 0.2) is 0 Å². The molecule has 0 saturated heterocycles. The molecule has 3 nitrogen and oxygen atoms in total. The first kappa shape index (κ1) is 16.1. The van der Waals surface area contributed by atoms with Crippen LogP contribution in [-0.4, -0.2) is 12.5 Å². The summed E-state index contributed by atoms with van der Waals surface area (Å²) in [6.07, 6.45) is 3.22. The van der Waals surface area contributed by atoms with Gasteiger partial charge in [0.2, 0.25) is 5.91 Å². The van der Waals surface area contributed by atoms with Crippen molar-refractivity contribution in [3.05, 3.63) is 64.7 Å². The largest absolute Gasteiger partial charge is 0.493 e. The van der Waals surface area contributed by atoms with Crippen LogP contribution in [0.5, 0.6) is 5.75 Å². The summed E-state index contributed by atoms with van der Waals surface area (Å²) in [7, 11) is 0. The van der Waals surface area contributed by atoms with Gasteiger partial charge in [0, 0.05) is 22.3 Å². The highest BCUT2D eigenvalue weighted by molar-refractivity contribution is 6.31. The third-order valence-corrected chi connectivity index (χ3v) is 3.57. The molecular weight excluding hydrogens is 298 g/mol. The highest BCUT2D eigenvalue weighted by Crippen LogP contribution is 2.23. The summed E-state index contributed by atoms with van der Waals surface area (Å²) in [6, 6.07) is 13.0. The van der Waals surface area contributed by atoms with Crippen LogP contribution in [0.4, 0.5) is 5.69 Å². The number of hydrogen-bond acceptors (Lipinski definition) is 2. The van der Waals surface area contributed by atoms with Crippen LogP contribution < -0.4 is 10.1 Å². The van der Waals surface area contributed by atoms with Crippen LogP contribution in [0.15, 0.2) is 48.5 Å². The van der Waals surface area contributed by atoms with Gasteiger partial charge in [-0.2, -0.15) is 0 Å². The van der Waals surface area contributed by atoms with Gasteiger partial charge < -0.3 is 10.1 Å². The van der Waals surface area contributed by atoms with Gasteiger partial charge in [-0.05, 0) is 43.7 Å². The van der Waals surface area contributed by atoms with E-state index in [4.69, 9.17) is 16.3 Å². The molecule has 0 aromatic heterocycles. The van der Waals surface area contributed by atoms with Crippen molar-refractivity contribution in [1.29, 1.82) is 0 Å². The predicted molar refractivity (Wildman–Crippen MR) is 91.5 cm³/mol. The van der Waals surface area contributed by atoms with Crippen LogP contribution in [0.3, 0.4) is 0 Å². The second kappa shape index (κ2) is 7.66. The van der Waals surface area contributed by atoms with E-state index in [9.17, 15) is 4.79 Å². The van der Waals surface area contributed by atoms with Gasteiger partial charge in [0.1, 0.15) is 5.75 Å². The second-order valence-corrected chi connectivity index (χ2v) is 5.11. The Morgan fingerprint density at radius 2 is 2.00 bits per heavy atom. The quantitative estimate of drug-likeness (QED) is 0.812. The maximum Gasteiger partial charge on any atom is 0.248 e. The first-order valence-corrected chi connectivity index (χ1v) is 7.45. The molecule has 1 N–H and O–H groups in total. The lowest BCUT2D eigenvalue weighted by Crippen LogP contribution is -2.09. The molecule has 2 aromatic rings. The van der Waals surface area contributed by atoms with Gasteiger partial charge in [0.05, 0.1) is 6.61 Å². The smallest absolute Gasteiger partial charge is 0.248 e. The van der Waals surface area contributed by atoms with Gasteiger partial charge in [0.25, 0.3) is 0 Å². The van der Waals surface area contributed by atoms with Gasteiger partial charge in [-0.1, -0.05) is 35.9 Å². The number of carbonyl (C=O) groups is 1. The molecule has 0 fully saturated rings. The number of nitrogens with one attached hydrogen (secondary N) is 1. The molecule has 0 aliphatic rings. The normalized spacial score (nSPS) is 10.7. The minimum Gasteiger partial charge on any atom is -0.493 e. The molecule has 0 heterocycles. The Hall–Kier alpha value is -2.26. The highest BCUT2D eigenvalue weighted by Gasteiger charge is 2.05. The van der Waals surface area contributed by atoms with E-state index < -0.39 is 0 Å². The monoisotopic (exact) mass is 315 g/mol. The Balaban J connectivity index is 2.10. The molecule has 114 valence electrons. The van der Waals surface area contributed by atoms with Crippen molar-refractivity contribution in [3.63, 3.8) is 0 Å². The van der Waals surface area contributed by atoms with E-state index in [1.165, 1.54) is 6.08 Å². The van der Waals surface area contributed by atoms with E-state index in [1.807, 2.05) is 44.2 Å². The summed E-state index contributed by atoms with van der Waals surface area (Å²) in [6.45, 7) is 4.37. The summed E-state index contributed by atoms with van der Waals surface area (Å²) < 4.78 is 5.52. The highest BCUT2D eigenvalue weighted by atomic mass is 35.5. The van der Waals surface area contributed by atoms with Crippen LogP contribution in [0.1, 0.15) is 18.1 Å². The number of para-hydroxylation sites is 1. The lowest BCUT2D eigenvalue weighted by atomic mass is 10.1. The SMILES string of the molecule is CCOc1ccccc1C=CC(=O)Nc1cccc(Cl)c1C. The fraction of sp³-hybridized carbons (Fsp3) is 0.167. The van der Waals surface area contributed by atoms with Crippen LogP contribution >= 0.6 is 11.6 Å². The maximum absolute atomic E-state index is 12.0. The minimum absolute atomic E-state index is 0.211. The number of amides is 1. The van der Waals surface area contributed by atoms with E-state index in [0.29, 0.717) is 17.3 Å². The van der Waals surface area contributed by atoms with E-state index in [1.54, 1.807) is 18.2 Å². The molecule has 0 unspecified atom stereocenters. The minimum atomic E-state index is -0.211. The van der Waals surface area contributed by atoms with Crippen molar-refractivity contribution in [2.45, 2.75) is 13.8 Å². The molecule has 2 rings (SSSR count). The summed E-state index contributed by atoms with van der Waals surface area (Å²) >= 11 is 6.04. The van der Waals surface area contributed by atoms with E-state index in [-0.39, 0.29) is 5.91 Å². The fourth-order valence-electron chi connectivity index (χ4n) is 1.99. The zero-order valence-electron chi connectivity index (χ0n) is 12.6. The van der Waals surface area contributed by atoms with Crippen molar-refractivity contribution < 1.29 is 9.53 Å². The van der Waals surface area contributed by atoms with Crippen molar-refractivity contribution in [3.8, 4) is 5.75 Å². The number of benzene rings is 2. The Kier molecular flexibility index (Phi) is 5.61. The standard InChI is InChI=1S/C18H18ClNO2/c1-3-22-17-10-5-4-7-14(17)11-12-18(21)20-16-9-6-8-15(19)13(16)2/h4-12H,3H2,1-2H3,(H,20,21). The van der Waals surface area contributed by atoms with Gasteiger partial charge in [-0.15, -0.1) is 0 Å². The molecular formula is C18H18ClNO2. The number of carbonyl (C=O) groups excluding carboxylic acids is 1. The molecule has 1 amide bonds. The molecule has 0 aliphatic carbocycles. The Bertz CT molecular complexity index is 695. The lowest BCUT2D eigenvalue weighted by Gasteiger charge is -2.08. The van der Waals surface area contributed by atoms with E-state index in [0.717, 1.165) is 16.9 Å². The first-order valence-electron chi connectivity index (χ1n) is 7.08. The Labute approximate surface area is 135 Å². The van der Waals surface area contributed by atoms with Crippen molar-refractivity contribution >= 4 is 29.3 Å². The van der Waals surface area contributed by atoms with Crippen LogP contribution in [0.2, 0.25) is 5.02 Å². The van der Waals surface area contributed by atoms with E-state index >= 15 is 0 Å². The molecule has 0 atom stereocenters. The first-order chi connectivity index (χ1) is 10.6. The molecule has 0 aliphatic heterocycles. The number of anilines is 1. The molecule has 4 heteroatoms. The average molecular weight is 316 g/mol. The van der Waals surface area contributed by atoms with Crippen molar-refractivity contribution in [2.24, 2.45) is 0 Å². The molecule has 22 heavy (non-hydrogen) atoms. The van der Waals surface area contributed by atoms with Crippen LogP contribution in [0, 0.1) is 6.92 Å². The zero-order valence-corrected chi connectivity index (χ0v) is 13.4. The third kappa shape index (κ3) is 4.12. The fourth-order valence-corrected chi connectivity index (χ4v) is 2.16. The number of rotatable bonds is 5. The van der Waals surface area contributed by atoms with Crippen LogP contribution in [-0.2, 0) is 4.79 Å². The van der Waals surface area contributed by atoms with Gasteiger partial charge in [-0.25, -0.2) is 0 Å². The maximum atomic E-state index is 12.0. The summed E-state index contributed by atoms with van der Waals surface area (Å²) in [5.41, 5.74) is 2.42. The summed E-state index contributed by atoms with van der Waals surface area (Å²) in [4.78, 5) is 12.0. The molecule has 0 spiro atoms. The zero-order chi connectivity index (χ0) is 15.9.